The third-order valence-electron chi connectivity index (χ3n) is 3.62. The lowest BCUT2D eigenvalue weighted by Crippen LogP contribution is -2.56. The second-order valence-electron chi connectivity index (χ2n) is 5.63. The maximum Gasteiger partial charge on any atom is 0.295 e. The highest BCUT2D eigenvalue weighted by molar-refractivity contribution is 6.30. The molecule has 1 aromatic carbocycles. The van der Waals surface area contributed by atoms with E-state index in [1.165, 1.54) is 23.9 Å². The first kappa shape index (κ1) is 18.2. The summed E-state index contributed by atoms with van der Waals surface area (Å²) < 4.78 is 33.2. The number of nitrogens with one attached hydrogen (secondary N) is 1. The van der Waals surface area contributed by atoms with E-state index in [9.17, 15) is 18.7 Å². The second kappa shape index (κ2) is 6.93. The van der Waals surface area contributed by atoms with Crippen LogP contribution in [0.25, 0.3) is 0 Å². The van der Waals surface area contributed by atoms with E-state index in [2.05, 4.69) is 10.5 Å². The summed E-state index contributed by atoms with van der Waals surface area (Å²) >= 11 is 5.86. The van der Waals surface area contributed by atoms with Crippen LogP contribution in [0.15, 0.2) is 48.3 Å². The van der Waals surface area contributed by atoms with Gasteiger partial charge in [0.1, 0.15) is 5.75 Å². The minimum absolute atomic E-state index is 0.0164. The van der Waals surface area contributed by atoms with Crippen molar-refractivity contribution in [2.45, 2.75) is 25.8 Å². The molecule has 0 saturated carbocycles. The normalized spacial score (nSPS) is 19.5. The van der Waals surface area contributed by atoms with E-state index in [0.717, 1.165) is 6.08 Å². The molecule has 1 aromatic heterocycles. The van der Waals surface area contributed by atoms with Gasteiger partial charge in [0, 0.05) is 16.9 Å². The Balaban J connectivity index is 1.70. The average Bonchev–Trinajstić information content (AvgIpc) is 3.17. The molecule has 0 spiro atoms. The fourth-order valence-electron chi connectivity index (χ4n) is 2.42. The van der Waals surface area contributed by atoms with Crippen LogP contribution in [0.1, 0.15) is 17.4 Å². The van der Waals surface area contributed by atoms with Crippen molar-refractivity contribution in [2.75, 3.05) is 0 Å². The number of alkyl halides is 2. The lowest BCUT2D eigenvalue weighted by molar-refractivity contribution is -0.146. The first-order valence-corrected chi connectivity index (χ1v) is 7.90. The number of hydrazine groups is 1. The maximum absolute atomic E-state index is 13.2. The number of ether oxygens (including phenoxy) is 1. The van der Waals surface area contributed by atoms with Crippen molar-refractivity contribution in [2.24, 2.45) is 0 Å². The van der Waals surface area contributed by atoms with Crippen molar-refractivity contribution < 1.29 is 23.4 Å². The topological polar surface area (TPSA) is 79.6 Å². The molecule has 1 amide bonds. The first-order chi connectivity index (χ1) is 12.3. The number of hydrogen-bond donors (Lipinski definition) is 2. The largest absolute Gasteiger partial charge is 0.471 e. The minimum Gasteiger partial charge on any atom is -0.471 e. The van der Waals surface area contributed by atoms with Crippen LogP contribution in [0, 0.1) is 0 Å². The second-order valence-corrected chi connectivity index (χ2v) is 6.07. The lowest BCUT2D eigenvalue weighted by Gasteiger charge is -2.30. The molecular formula is C16H15ClF2N4O3. The van der Waals surface area contributed by atoms with Crippen LogP contribution in [-0.2, 0) is 6.73 Å². The van der Waals surface area contributed by atoms with Gasteiger partial charge >= 0.3 is 0 Å². The predicted molar refractivity (Wildman–Crippen MR) is 88.3 cm³/mol. The summed E-state index contributed by atoms with van der Waals surface area (Å²) in [5.41, 5.74) is -0.220. The van der Waals surface area contributed by atoms with Gasteiger partial charge in [0.05, 0.1) is 0 Å². The summed E-state index contributed by atoms with van der Waals surface area (Å²) in [5.74, 6) is -0.392. The predicted octanol–water partition coefficient (Wildman–Crippen LogP) is 2.39. The molecule has 10 heteroatoms. The van der Waals surface area contributed by atoms with Gasteiger partial charge in [-0.1, -0.05) is 17.7 Å². The molecule has 3 rings (SSSR count). The number of benzene rings is 1. The quantitative estimate of drug-likeness (QED) is 0.827. The molecule has 26 heavy (non-hydrogen) atoms. The Morgan fingerprint density at radius 3 is 2.92 bits per heavy atom. The number of aromatic nitrogens is 2. The monoisotopic (exact) mass is 384 g/mol. The number of aliphatic hydroxyl groups is 1. The number of carbonyl (C=O) groups excluding carboxylic acids is 1. The van der Waals surface area contributed by atoms with Gasteiger partial charge in [-0.15, -0.1) is 0 Å². The Kier molecular flexibility index (Phi) is 4.84. The Morgan fingerprint density at radius 2 is 2.23 bits per heavy atom. The van der Waals surface area contributed by atoms with Crippen LogP contribution in [-0.4, -0.2) is 38.0 Å². The molecule has 0 bridgehead atoms. The van der Waals surface area contributed by atoms with Crippen molar-refractivity contribution in [3.63, 3.8) is 0 Å². The molecule has 2 heterocycles. The molecule has 0 unspecified atom stereocenters. The molecule has 1 aliphatic rings. The van der Waals surface area contributed by atoms with E-state index in [1.807, 2.05) is 0 Å². The number of rotatable bonds is 5. The summed E-state index contributed by atoms with van der Waals surface area (Å²) in [7, 11) is 0. The summed E-state index contributed by atoms with van der Waals surface area (Å²) in [4.78, 5) is 12.4. The molecule has 2 N–H and O–H groups in total. The zero-order valence-corrected chi connectivity index (χ0v) is 14.3. The number of amides is 1. The SMILES string of the molecule is CC1=C[C@](O)(C(F)F)N(C(=O)c2ccn(COc3cccc(Cl)c3)n2)N1. The number of allylic oxidation sites excluding steroid dienone is 1. The van der Waals surface area contributed by atoms with Gasteiger partial charge in [-0.05, 0) is 37.3 Å². The molecule has 1 atom stereocenters. The van der Waals surface area contributed by atoms with E-state index in [4.69, 9.17) is 16.3 Å². The number of nitrogens with zero attached hydrogens (tertiary/aromatic N) is 3. The van der Waals surface area contributed by atoms with E-state index in [-0.39, 0.29) is 18.1 Å². The number of halogens is 3. The highest BCUT2D eigenvalue weighted by Gasteiger charge is 2.49. The molecule has 2 aromatic rings. The third kappa shape index (κ3) is 3.49. The van der Waals surface area contributed by atoms with Gasteiger partial charge in [0.2, 0.25) is 5.72 Å². The average molecular weight is 385 g/mol. The molecule has 0 radical (unpaired) electrons. The van der Waals surface area contributed by atoms with Crippen LogP contribution >= 0.6 is 11.6 Å². The van der Waals surface area contributed by atoms with Crippen molar-refractivity contribution in [1.29, 1.82) is 0 Å². The zero-order valence-electron chi connectivity index (χ0n) is 13.6. The summed E-state index contributed by atoms with van der Waals surface area (Å²) in [6.07, 6.45) is -0.852. The summed E-state index contributed by atoms with van der Waals surface area (Å²) in [5, 5.41) is 15.0. The number of carbonyl (C=O) groups is 1. The Morgan fingerprint density at radius 1 is 1.46 bits per heavy atom. The number of hydrogen-bond acceptors (Lipinski definition) is 5. The van der Waals surface area contributed by atoms with Gasteiger partial charge in [0.15, 0.2) is 12.4 Å². The highest BCUT2D eigenvalue weighted by atomic mass is 35.5. The van der Waals surface area contributed by atoms with Gasteiger partial charge < -0.3 is 9.84 Å². The van der Waals surface area contributed by atoms with E-state index < -0.39 is 18.1 Å². The van der Waals surface area contributed by atoms with Gasteiger partial charge in [-0.3, -0.25) is 10.2 Å². The Labute approximate surface area is 152 Å². The fourth-order valence-corrected chi connectivity index (χ4v) is 2.60. The summed E-state index contributed by atoms with van der Waals surface area (Å²) in [6.45, 7) is 1.44. The van der Waals surface area contributed by atoms with Gasteiger partial charge in [0.25, 0.3) is 12.3 Å². The van der Waals surface area contributed by atoms with Crippen molar-refractivity contribution >= 4 is 17.5 Å². The van der Waals surface area contributed by atoms with Crippen LogP contribution in [0.2, 0.25) is 5.02 Å². The van der Waals surface area contributed by atoms with Crippen LogP contribution in [0.4, 0.5) is 8.78 Å². The molecule has 1 aliphatic heterocycles. The van der Waals surface area contributed by atoms with Gasteiger partial charge in [-0.25, -0.2) is 18.5 Å². The third-order valence-corrected chi connectivity index (χ3v) is 3.85. The molecular weight excluding hydrogens is 370 g/mol. The van der Waals surface area contributed by atoms with Crippen LogP contribution < -0.4 is 10.2 Å². The zero-order chi connectivity index (χ0) is 18.9. The van der Waals surface area contributed by atoms with Crippen molar-refractivity contribution in [1.82, 2.24) is 20.2 Å². The smallest absolute Gasteiger partial charge is 0.295 e. The first-order valence-electron chi connectivity index (χ1n) is 7.52. The molecule has 0 fully saturated rings. The van der Waals surface area contributed by atoms with E-state index in [1.54, 1.807) is 24.3 Å². The van der Waals surface area contributed by atoms with E-state index in [0.29, 0.717) is 15.8 Å². The van der Waals surface area contributed by atoms with Crippen LogP contribution in [0.5, 0.6) is 5.75 Å². The standard InChI is InChI=1S/C16H15ClF2N4O3/c1-10-8-16(25,15(18)19)23(20-10)14(24)13-5-6-22(21-13)9-26-12-4-2-3-11(17)7-12/h2-8,15,20,25H,9H2,1H3/t16-/m0/s1. The van der Waals surface area contributed by atoms with Gasteiger partial charge in [-0.2, -0.15) is 5.10 Å². The highest BCUT2D eigenvalue weighted by Crippen LogP contribution is 2.28. The molecule has 0 saturated heterocycles. The molecule has 0 aliphatic carbocycles. The maximum atomic E-state index is 13.2. The van der Waals surface area contributed by atoms with Crippen LogP contribution in [0.3, 0.4) is 0 Å². The fraction of sp³-hybridized carbons (Fsp3) is 0.250. The minimum atomic E-state index is -3.19. The molecule has 7 nitrogen and oxygen atoms in total. The lowest BCUT2D eigenvalue weighted by atomic mass is 10.2. The van der Waals surface area contributed by atoms with Crippen molar-refractivity contribution in [3.05, 3.63) is 59.0 Å². The van der Waals surface area contributed by atoms with Crippen molar-refractivity contribution in [3.8, 4) is 5.75 Å². The Bertz CT molecular complexity index is 858. The summed E-state index contributed by atoms with van der Waals surface area (Å²) in [6, 6.07) is 8.07. The molecule has 138 valence electrons. The Hall–Kier alpha value is -2.65. The van der Waals surface area contributed by atoms with E-state index >= 15 is 0 Å².